The Kier molecular flexibility index (Phi) is 4.40. The lowest BCUT2D eigenvalue weighted by Crippen LogP contribution is -2.19. The molecule has 19 heavy (non-hydrogen) atoms. The number of rotatable bonds is 4. The Morgan fingerprint density at radius 1 is 1.21 bits per heavy atom. The van der Waals surface area contributed by atoms with Gasteiger partial charge in [0.25, 0.3) is 0 Å². The number of nitriles is 1. The number of nitrogens with zero attached hydrogens (tertiary/aromatic N) is 1. The monoisotopic (exact) mass is 272 g/mol. The second-order valence-corrected chi connectivity index (χ2v) is 4.54. The van der Waals surface area contributed by atoms with Gasteiger partial charge in [0.15, 0.2) is 0 Å². The molecule has 0 fully saturated rings. The van der Waals surface area contributed by atoms with Gasteiger partial charge in [-0.15, -0.1) is 0 Å². The quantitative estimate of drug-likeness (QED) is 0.897. The summed E-state index contributed by atoms with van der Waals surface area (Å²) in [6, 6.07) is 15.8. The van der Waals surface area contributed by atoms with E-state index < -0.39 is 6.04 Å². The van der Waals surface area contributed by atoms with Crippen LogP contribution in [0.15, 0.2) is 48.5 Å². The van der Waals surface area contributed by atoms with E-state index in [0.29, 0.717) is 11.6 Å². The van der Waals surface area contributed by atoms with Crippen LogP contribution in [0.3, 0.4) is 0 Å². The maximum atomic E-state index is 9.43. The minimum absolute atomic E-state index is 0.150. The highest BCUT2D eigenvalue weighted by Gasteiger charge is 2.11. The molecule has 0 aromatic heterocycles. The van der Waals surface area contributed by atoms with Gasteiger partial charge in [0.2, 0.25) is 0 Å². The van der Waals surface area contributed by atoms with Gasteiger partial charge in [-0.3, -0.25) is 5.32 Å². The second kappa shape index (κ2) is 6.24. The van der Waals surface area contributed by atoms with Gasteiger partial charge >= 0.3 is 0 Å². The van der Waals surface area contributed by atoms with Crippen molar-refractivity contribution in [1.29, 1.82) is 5.26 Å². The van der Waals surface area contributed by atoms with Crippen LogP contribution in [0.1, 0.15) is 17.2 Å². The lowest BCUT2D eigenvalue weighted by molar-refractivity contribution is 0.473. The van der Waals surface area contributed by atoms with Crippen molar-refractivity contribution in [3.05, 3.63) is 64.7 Å². The first kappa shape index (κ1) is 13.4. The first-order chi connectivity index (χ1) is 9.20. The van der Waals surface area contributed by atoms with E-state index >= 15 is 0 Å². The van der Waals surface area contributed by atoms with E-state index in [2.05, 4.69) is 11.4 Å². The molecule has 0 radical (unpaired) electrons. The Morgan fingerprint density at radius 3 is 2.68 bits per heavy atom. The molecule has 4 heteroatoms. The van der Waals surface area contributed by atoms with Crippen molar-refractivity contribution in [2.75, 3.05) is 0 Å². The van der Waals surface area contributed by atoms with E-state index in [1.807, 2.05) is 24.3 Å². The molecule has 0 amide bonds. The SMILES string of the molecule is N#CC(NCc1ccccc1Cl)c1cccc(O)c1. The number of phenols is 1. The van der Waals surface area contributed by atoms with Crippen LogP contribution in [0.2, 0.25) is 5.02 Å². The van der Waals surface area contributed by atoms with E-state index in [1.54, 1.807) is 24.3 Å². The largest absolute Gasteiger partial charge is 0.508 e. The van der Waals surface area contributed by atoms with Crippen molar-refractivity contribution in [2.45, 2.75) is 12.6 Å². The Labute approximate surface area is 117 Å². The van der Waals surface area contributed by atoms with Gasteiger partial charge < -0.3 is 5.11 Å². The van der Waals surface area contributed by atoms with E-state index in [0.717, 1.165) is 11.1 Å². The molecule has 2 N–H and O–H groups in total. The molecular formula is C15H13ClN2O. The lowest BCUT2D eigenvalue weighted by atomic mass is 10.1. The summed E-state index contributed by atoms with van der Waals surface area (Å²) in [4.78, 5) is 0. The Hall–Kier alpha value is -2.02. The van der Waals surface area contributed by atoms with Crippen LogP contribution < -0.4 is 5.32 Å². The molecule has 0 aliphatic carbocycles. The minimum atomic E-state index is -0.483. The number of halogens is 1. The van der Waals surface area contributed by atoms with Crippen molar-refractivity contribution in [2.24, 2.45) is 0 Å². The third-order valence-electron chi connectivity index (χ3n) is 2.79. The van der Waals surface area contributed by atoms with Crippen LogP contribution in [-0.4, -0.2) is 5.11 Å². The minimum Gasteiger partial charge on any atom is -0.508 e. The number of hydrogen-bond donors (Lipinski definition) is 2. The zero-order valence-corrected chi connectivity index (χ0v) is 10.9. The second-order valence-electron chi connectivity index (χ2n) is 4.13. The average molecular weight is 273 g/mol. The molecule has 2 aromatic carbocycles. The molecule has 96 valence electrons. The predicted octanol–water partition coefficient (Wildman–Crippen LogP) is 3.40. The van der Waals surface area contributed by atoms with E-state index in [1.165, 1.54) is 0 Å². The molecule has 2 aromatic rings. The van der Waals surface area contributed by atoms with Crippen molar-refractivity contribution < 1.29 is 5.11 Å². The van der Waals surface area contributed by atoms with Gasteiger partial charge in [0, 0.05) is 11.6 Å². The van der Waals surface area contributed by atoms with E-state index in [-0.39, 0.29) is 5.75 Å². The normalized spacial score (nSPS) is 11.8. The Morgan fingerprint density at radius 2 is 2.00 bits per heavy atom. The van der Waals surface area contributed by atoms with Gasteiger partial charge in [-0.05, 0) is 29.3 Å². The molecule has 0 aliphatic rings. The Balaban J connectivity index is 2.09. The maximum absolute atomic E-state index is 9.43. The first-order valence-electron chi connectivity index (χ1n) is 5.86. The van der Waals surface area contributed by atoms with Gasteiger partial charge in [0.1, 0.15) is 11.8 Å². The number of hydrogen-bond acceptors (Lipinski definition) is 3. The lowest BCUT2D eigenvalue weighted by Gasteiger charge is -2.13. The van der Waals surface area contributed by atoms with Crippen molar-refractivity contribution in [3.63, 3.8) is 0 Å². The summed E-state index contributed by atoms with van der Waals surface area (Å²) in [5, 5.41) is 22.4. The van der Waals surface area contributed by atoms with Crippen LogP contribution in [0.4, 0.5) is 0 Å². The topological polar surface area (TPSA) is 56.0 Å². The molecule has 0 saturated heterocycles. The number of nitrogens with one attached hydrogen (secondary N) is 1. The third kappa shape index (κ3) is 3.47. The van der Waals surface area contributed by atoms with Crippen LogP contribution in [0.25, 0.3) is 0 Å². The molecule has 1 unspecified atom stereocenters. The fraction of sp³-hybridized carbons (Fsp3) is 0.133. The summed E-state index contributed by atoms with van der Waals surface area (Å²) in [5.41, 5.74) is 1.67. The summed E-state index contributed by atoms with van der Waals surface area (Å²) < 4.78 is 0. The predicted molar refractivity (Wildman–Crippen MR) is 74.8 cm³/mol. The van der Waals surface area contributed by atoms with Crippen LogP contribution in [0.5, 0.6) is 5.75 Å². The van der Waals surface area contributed by atoms with Crippen LogP contribution in [-0.2, 0) is 6.54 Å². The zero-order chi connectivity index (χ0) is 13.7. The van der Waals surface area contributed by atoms with Gasteiger partial charge in [-0.1, -0.05) is 41.9 Å². The molecule has 0 spiro atoms. The molecule has 1 atom stereocenters. The number of benzene rings is 2. The van der Waals surface area contributed by atoms with E-state index in [9.17, 15) is 10.4 Å². The van der Waals surface area contributed by atoms with Gasteiger partial charge in [-0.2, -0.15) is 5.26 Å². The van der Waals surface area contributed by atoms with Gasteiger partial charge in [-0.25, -0.2) is 0 Å². The van der Waals surface area contributed by atoms with Crippen molar-refractivity contribution in [1.82, 2.24) is 5.32 Å². The van der Waals surface area contributed by atoms with Crippen LogP contribution >= 0.6 is 11.6 Å². The summed E-state index contributed by atoms with van der Waals surface area (Å²) in [6.45, 7) is 0.494. The standard InChI is InChI=1S/C15H13ClN2O/c16-14-7-2-1-4-12(14)10-18-15(9-17)11-5-3-6-13(19)8-11/h1-8,15,18-19H,10H2. The summed E-state index contributed by atoms with van der Waals surface area (Å²) in [6.07, 6.45) is 0. The fourth-order valence-electron chi connectivity index (χ4n) is 1.80. The maximum Gasteiger partial charge on any atom is 0.121 e. The molecule has 2 rings (SSSR count). The number of phenolic OH excluding ortho intramolecular Hbond substituents is 1. The van der Waals surface area contributed by atoms with E-state index in [4.69, 9.17) is 11.6 Å². The first-order valence-corrected chi connectivity index (χ1v) is 6.24. The zero-order valence-electron chi connectivity index (χ0n) is 10.2. The molecule has 0 bridgehead atoms. The van der Waals surface area contributed by atoms with Gasteiger partial charge in [0.05, 0.1) is 6.07 Å². The highest BCUT2D eigenvalue weighted by molar-refractivity contribution is 6.31. The Bertz CT molecular complexity index is 607. The molecular weight excluding hydrogens is 260 g/mol. The highest BCUT2D eigenvalue weighted by atomic mass is 35.5. The van der Waals surface area contributed by atoms with Crippen LogP contribution in [0, 0.1) is 11.3 Å². The number of aromatic hydroxyl groups is 1. The molecule has 0 saturated carbocycles. The third-order valence-corrected chi connectivity index (χ3v) is 3.16. The summed E-state index contributed by atoms with van der Waals surface area (Å²) >= 11 is 6.06. The summed E-state index contributed by atoms with van der Waals surface area (Å²) in [7, 11) is 0. The summed E-state index contributed by atoms with van der Waals surface area (Å²) in [5.74, 6) is 0.150. The fourth-order valence-corrected chi connectivity index (χ4v) is 2.00. The smallest absolute Gasteiger partial charge is 0.121 e. The average Bonchev–Trinajstić information content (AvgIpc) is 2.41. The molecule has 3 nitrogen and oxygen atoms in total. The molecule has 0 aliphatic heterocycles. The molecule has 0 heterocycles. The van der Waals surface area contributed by atoms with Crippen molar-refractivity contribution in [3.8, 4) is 11.8 Å². The van der Waals surface area contributed by atoms with Crippen molar-refractivity contribution >= 4 is 11.6 Å². The highest BCUT2D eigenvalue weighted by Crippen LogP contribution is 2.20.